The van der Waals surface area contributed by atoms with Gasteiger partial charge in [0.25, 0.3) is 0 Å². The third-order valence-electron chi connectivity index (χ3n) is 5.95. The number of ether oxygens (including phenoxy) is 1. The zero-order chi connectivity index (χ0) is 27.8. The van der Waals surface area contributed by atoms with Gasteiger partial charge in [0.05, 0.1) is 0 Å². The molecule has 1 aromatic rings. The van der Waals surface area contributed by atoms with Crippen LogP contribution >= 0.6 is 12.6 Å². The highest BCUT2D eigenvalue weighted by Crippen LogP contribution is 2.25. The molecule has 2 N–H and O–H groups in total. The number of nitrogens with zero attached hydrogens (tertiary/aromatic N) is 1. The molecule has 1 rings (SSSR count). The first-order chi connectivity index (χ1) is 17.5. The Bertz CT molecular complexity index is 841. The summed E-state index contributed by atoms with van der Waals surface area (Å²) >= 11 is 4.36. The van der Waals surface area contributed by atoms with E-state index in [0.29, 0.717) is 13.1 Å². The van der Waals surface area contributed by atoms with Crippen LogP contribution in [0.15, 0.2) is 24.3 Å². The number of alkyl carbamates (subject to hydrolysis) is 1. The number of nitrogens with one attached hydrogen (secondary N) is 2. The Morgan fingerprint density at radius 3 is 2.24 bits per heavy atom. The maximum atomic E-state index is 13.9. The van der Waals surface area contributed by atoms with Crippen LogP contribution < -0.4 is 10.6 Å². The average molecular weight is 536 g/mol. The normalized spacial score (nSPS) is 12.9. The fourth-order valence-corrected chi connectivity index (χ4v) is 4.33. The lowest BCUT2D eigenvalue weighted by Gasteiger charge is -2.34. The molecule has 0 aliphatic carbocycles. The fourth-order valence-electron chi connectivity index (χ4n) is 4.08. The van der Waals surface area contributed by atoms with Crippen molar-refractivity contribution >= 4 is 30.5 Å². The van der Waals surface area contributed by atoms with Crippen LogP contribution in [0, 0.1) is 6.92 Å². The molecule has 7 nitrogen and oxygen atoms in total. The van der Waals surface area contributed by atoms with Crippen LogP contribution in [0.1, 0.15) is 103 Å². The summed E-state index contributed by atoms with van der Waals surface area (Å²) in [5.41, 5.74) is 1.06. The van der Waals surface area contributed by atoms with Gasteiger partial charge in [-0.3, -0.25) is 9.59 Å². The van der Waals surface area contributed by atoms with Gasteiger partial charge in [-0.2, -0.15) is 12.6 Å². The monoisotopic (exact) mass is 535 g/mol. The molecular weight excluding hydrogens is 486 g/mol. The van der Waals surface area contributed by atoms with Crippen LogP contribution in [0.25, 0.3) is 0 Å². The molecule has 210 valence electrons. The van der Waals surface area contributed by atoms with Gasteiger partial charge in [0.2, 0.25) is 11.8 Å². The molecule has 0 aromatic heterocycles. The molecule has 0 fully saturated rings. The van der Waals surface area contributed by atoms with Crippen LogP contribution in [-0.4, -0.2) is 53.3 Å². The minimum Gasteiger partial charge on any atom is -0.444 e. The Kier molecular flexibility index (Phi) is 15.4. The number of carbonyl (C=O) groups is 3. The van der Waals surface area contributed by atoms with Crippen molar-refractivity contribution in [2.24, 2.45) is 0 Å². The predicted molar refractivity (Wildman–Crippen MR) is 154 cm³/mol. The number of amides is 3. The molecule has 37 heavy (non-hydrogen) atoms. The molecule has 0 saturated carbocycles. The van der Waals surface area contributed by atoms with E-state index in [9.17, 15) is 14.4 Å². The molecule has 3 amide bonds. The Labute approximate surface area is 229 Å². The van der Waals surface area contributed by atoms with E-state index in [-0.39, 0.29) is 17.6 Å². The second-order valence-electron chi connectivity index (χ2n) is 10.6. The topological polar surface area (TPSA) is 87.7 Å². The number of hydrogen-bond donors (Lipinski definition) is 3. The second-order valence-corrected chi connectivity index (χ2v) is 11.0. The molecule has 0 saturated heterocycles. The van der Waals surface area contributed by atoms with Gasteiger partial charge in [0, 0.05) is 18.8 Å². The highest BCUT2D eigenvalue weighted by molar-refractivity contribution is 7.80. The molecule has 2 atom stereocenters. The van der Waals surface area contributed by atoms with Crippen molar-refractivity contribution in [3.63, 3.8) is 0 Å². The van der Waals surface area contributed by atoms with Gasteiger partial charge in [0.1, 0.15) is 17.7 Å². The van der Waals surface area contributed by atoms with Crippen molar-refractivity contribution < 1.29 is 19.1 Å². The predicted octanol–water partition coefficient (Wildman–Crippen LogP) is 5.96. The summed E-state index contributed by atoms with van der Waals surface area (Å²) in [5.74, 6) is -0.464. The van der Waals surface area contributed by atoms with Gasteiger partial charge >= 0.3 is 6.09 Å². The molecule has 0 aliphatic rings. The summed E-state index contributed by atoms with van der Waals surface area (Å²) in [6.45, 7) is 12.5. The van der Waals surface area contributed by atoms with E-state index in [4.69, 9.17) is 4.74 Å². The summed E-state index contributed by atoms with van der Waals surface area (Å²) in [6, 6.07) is 5.98. The van der Waals surface area contributed by atoms with Gasteiger partial charge in [-0.25, -0.2) is 4.79 Å². The van der Waals surface area contributed by atoms with E-state index in [1.54, 1.807) is 25.7 Å². The first kappa shape index (κ1) is 32.8. The fraction of sp³-hybridized carbons (Fsp3) is 0.690. The van der Waals surface area contributed by atoms with Gasteiger partial charge in [-0.15, -0.1) is 0 Å². The maximum absolute atomic E-state index is 13.9. The molecule has 0 heterocycles. The highest BCUT2D eigenvalue weighted by Gasteiger charge is 2.35. The van der Waals surface area contributed by atoms with E-state index in [2.05, 4.69) is 37.1 Å². The van der Waals surface area contributed by atoms with Crippen LogP contribution in [0.3, 0.4) is 0 Å². The number of aryl methyl sites for hydroxylation is 1. The lowest BCUT2D eigenvalue weighted by Crippen LogP contribution is -2.54. The van der Waals surface area contributed by atoms with E-state index in [0.717, 1.165) is 62.5 Å². The largest absolute Gasteiger partial charge is 0.444 e. The van der Waals surface area contributed by atoms with Crippen molar-refractivity contribution in [3.8, 4) is 0 Å². The first-order valence-electron chi connectivity index (χ1n) is 13.8. The summed E-state index contributed by atoms with van der Waals surface area (Å²) in [5, 5.41) is 5.72. The van der Waals surface area contributed by atoms with Gasteiger partial charge in [0.15, 0.2) is 0 Å². The quantitative estimate of drug-likeness (QED) is 0.180. The smallest absolute Gasteiger partial charge is 0.408 e. The standard InChI is InChI=1S/C29H49N3O4S/c1-7-9-11-12-14-19-32(27(34)24(21-37)31-28(35)36-29(4,5)6)25(23-17-15-16-22(3)20-23)26(33)30-18-13-10-8-2/h15-17,20,24-25,37H,7-14,18-19,21H2,1-6H3,(H,30,33)(H,31,35). The third-order valence-corrected chi connectivity index (χ3v) is 6.32. The van der Waals surface area contributed by atoms with E-state index >= 15 is 0 Å². The summed E-state index contributed by atoms with van der Waals surface area (Å²) in [4.78, 5) is 41.6. The zero-order valence-corrected chi connectivity index (χ0v) is 24.7. The van der Waals surface area contributed by atoms with Gasteiger partial charge in [-0.05, 0) is 46.1 Å². The van der Waals surface area contributed by atoms with Crippen molar-refractivity contribution in [2.45, 2.75) is 111 Å². The zero-order valence-electron chi connectivity index (χ0n) is 23.8. The van der Waals surface area contributed by atoms with Crippen LogP contribution in [0.2, 0.25) is 0 Å². The third kappa shape index (κ3) is 12.7. The minimum atomic E-state index is -0.922. The van der Waals surface area contributed by atoms with Gasteiger partial charge < -0.3 is 20.3 Å². The Morgan fingerprint density at radius 1 is 1.00 bits per heavy atom. The maximum Gasteiger partial charge on any atom is 0.408 e. The Balaban J connectivity index is 3.30. The van der Waals surface area contributed by atoms with Crippen LogP contribution in [-0.2, 0) is 14.3 Å². The van der Waals surface area contributed by atoms with Crippen molar-refractivity contribution in [3.05, 3.63) is 35.4 Å². The lowest BCUT2D eigenvalue weighted by atomic mass is 10.00. The lowest BCUT2D eigenvalue weighted by molar-refractivity contribution is -0.142. The van der Waals surface area contributed by atoms with E-state index in [1.165, 1.54) is 0 Å². The van der Waals surface area contributed by atoms with Crippen molar-refractivity contribution in [1.82, 2.24) is 15.5 Å². The Hall–Kier alpha value is -2.22. The molecule has 0 radical (unpaired) electrons. The number of thiol groups is 1. The van der Waals surface area contributed by atoms with Crippen molar-refractivity contribution in [1.29, 1.82) is 0 Å². The first-order valence-corrected chi connectivity index (χ1v) is 14.4. The molecule has 0 bridgehead atoms. The number of benzene rings is 1. The molecule has 0 spiro atoms. The molecule has 0 aliphatic heterocycles. The average Bonchev–Trinajstić information content (AvgIpc) is 2.82. The molecular formula is C29H49N3O4S. The summed E-state index contributed by atoms with van der Waals surface area (Å²) in [6.07, 6.45) is 7.33. The number of unbranched alkanes of at least 4 members (excludes halogenated alkanes) is 6. The molecule has 1 aromatic carbocycles. The summed E-state index contributed by atoms with van der Waals surface area (Å²) in [7, 11) is 0. The van der Waals surface area contributed by atoms with E-state index < -0.39 is 23.8 Å². The van der Waals surface area contributed by atoms with E-state index in [1.807, 2.05) is 31.2 Å². The van der Waals surface area contributed by atoms with Crippen LogP contribution in [0.4, 0.5) is 4.79 Å². The number of carbonyl (C=O) groups excluding carboxylic acids is 3. The van der Waals surface area contributed by atoms with Gasteiger partial charge in [-0.1, -0.05) is 82.2 Å². The number of rotatable bonds is 16. The SMILES string of the molecule is CCCCCCCN(C(=O)C(CS)NC(=O)OC(C)(C)C)C(C(=O)NCCCCC)c1cccc(C)c1. The van der Waals surface area contributed by atoms with Crippen LogP contribution in [0.5, 0.6) is 0 Å². The highest BCUT2D eigenvalue weighted by atomic mass is 32.1. The Morgan fingerprint density at radius 2 is 1.65 bits per heavy atom. The minimum absolute atomic E-state index is 0.0864. The molecule has 2 unspecified atom stereocenters. The molecule has 8 heteroatoms. The number of hydrogen-bond acceptors (Lipinski definition) is 5. The second kappa shape index (κ2) is 17.3. The summed E-state index contributed by atoms with van der Waals surface area (Å²) < 4.78 is 5.38. The van der Waals surface area contributed by atoms with Crippen molar-refractivity contribution in [2.75, 3.05) is 18.8 Å².